The number of aliphatic hydroxyl groups is 1. The molecule has 1 aromatic rings. The van der Waals surface area contributed by atoms with Gasteiger partial charge in [-0.1, -0.05) is 12.1 Å². The molecular formula is C15H23NO. The van der Waals surface area contributed by atoms with E-state index in [-0.39, 0.29) is 6.10 Å². The standard InChI is InChI=1S/C15H23NO/c1-11-8-13(3)14(9-12(11)2)10-16-6-4-15(17)5-7-16/h8-9,15,17H,4-7,10H2,1-3H3. The summed E-state index contributed by atoms with van der Waals surface area (Å²) in [6.07, 6.45) is 1.76. The van der Waals surface area contributed by atoms with Gasteiger partial charge in [0, 0.05) is 19.6 Å². The molecule has 1 heterocycles. The third kappa shape index (κ3) is 3.08. The summed E-state index contributed by atoms with van der Waals surface area (Å²) in [5, 5.41) is 9.50. The maximum atomic E-state index is 9.50. The maximum Gasteiger partial charge on any atom is 0.0564 e. The van der Waals surface area contributed by atoms with Crippen molar-refractivity contribution in [2.24, 2.45) is 0 Å². The molecule has 1 N–H and O–H groups in total. The van der Waals surface area contributed by atoms with Crippen LogP contribution < -0.4 is 0 Å². The van der Waals surface area contributed by atoms with Crippen molar-refractivity contribution in [2.75, 3.05) is 13.1 Å². The molecule has 2 heteroatoms. The Morgan fingerprint density at radius 2 is 1.65 bits per heavy atom. The van der Waals surface area contributed by atoms with E-state index in [0.29, 0.717) is 0 Å². The number of benzene rings is 1. The van der Waals surface area contributed by atoms with Gasteiger partial charge in [-0.2, -0.15) is 0 Å². The Kier molecular flexibility index (Phi) is 3.85. The Hall–Kier alpha value is -0.860. The van der Waals surface area contributed by atoms with Gasteiger partial charge in [0.1, 0.15) is 0 Å². The molecule has 0 unspecified atom stereocenters. The van der Waals surface area contributed by atoms with E-state index in [4.69, 9.17) is 0 Å². The highest BCUT2D eigenvalue weighted by Gasteiger charge is 2.17. The van der Waals surface area contributed by atoms with Crippen LogP contribution in [0.1, 0.15) is 35.1 Å². The van der Waals surface area contributed by atoms with Gasteiger partial charge in [0.25, 0.3) is 0 Å². The Balaban J connectivity index is 2.06. The van der Waals surface area contributed by atoms with Crippen molar-refractivity contribution < 1.29 is 5.11 Å². The van der Waals surface area contributed by atoms with Crippen molar-refractivity contribution in [2.45, 2.75) is 46.3 Å². The third-order valence-corrected chi connectivity index (χ3v) is 3.90. The summed E-state index contributed by atoms with van der Waals surface area (Å²) in [7, 11) is 0. The van der Waals surface area contributed by atoms with Gasteiger partial charge < -0.3 is 5.11 Å². The Labute approximate surface area is 104 Å². The Bertz CT molecular complexity index is 392. The van der Waals surface area contributed by atoms with Gasteiger partial charge in [-0.3, -0.25) is 4.90 Å². The van der Waals surface area contributed by atoms with Crippen molar-refractivity contribution in [1.29, 1.82) is 0 Å². The molecule has 0 atom stereocenters. The first-order chi connectivity index (χ1) is 8.06. The lowest BCUT2D eigenvalue weighted by Crippen LogP contribution is -2.35. The van der Waals surface area contributed by atoms with Gasteiger partial charge >= 0.3 is 0 Å². The predicted molar refractivity (Wildman–Crippen MR) is 71.2 cm³/mol. The molecule has 1 fully saturated rings. The SMILES string of the molecule is Cc1cc(C)c(CN2CCC(O)CC2)cc1C. The van der Waals surface area contributed by atoms with Crippen molar-refractivity contribution in [3.05, 3.63) is 34.4 Å². The molecule has 0 amide bonds. The van der Waals surface area contributed by atoms with Crippen molar-refractivity contribution in [1.82, 2.24) is 4.90 Å². The fraction of sp³-hybridized carbons (Fsp3) is 0.600. The Morgan fingerprint density at radius 3 is 2.29 bits per heavy atom. The summed E-state index contributed by atoms with van der Waals surface area (Å²) in [5.41, 5.74) is 5.58. The summed E-state index contributed by atoms with van der Waals surface area (Å²) in [5.74, 6) is 0. The van der Waals surface area contributed by atoms with Crippen LogP contribution in [0.3, 0.4) is 0 Å². The third-order valence-electron chi connectivity index (χ3n) is 3.90. The first-order valence-corrected chi connectivity index (χ1v) is 6.53. The van der Waals surface area contributed by atoms with Crippen LogP contribution in [0, 0.1) is 20.8 Å². The molecule has 1 aliphatic heterocycles. The molecule has 17 heavy (non-hydrogen) atoms. The van der Waals surface area contributed by atoms with E-state index < -0.39 is 0 Å². The van der Waals surface area contributed by atoms with Crippen molar-refractivity contribution in [3.8, 4) is 0 Å². The first kappa shape index (κ1) is 12.6. The minimum absolute atomic E-state index is 0.0768. The molecule has 0 saturated carbocycles. The number of rotatable bonds is 2. The van der Waals surface area contributed by atoms with Crippen LogP contribution in [-0.2, 0) is 6.54 Å². The number of likely N-dealkylation sites (tertiary alicyclic amines) is 1. The minimum atomic E-state index is -0.0768. The van der Waals surface area contributed by atoms with Gasteiger partial charge in [-0.15, -0.1) is 0 Å². The topological polar surface area (TPSA) is 23.5 Å². The largest absolute Gasteiger partial charge is 0.393 e. The first-order valence-electron chi connectivity index (χ1n) is 6.53. The maximum absolute atomic E-state index is 9.50. The molecule has 1 saturated heterocycles. The van der Waals surface area contributed by atoms with Crippen LogP contribution in [0.15, 0.2) is 12.1 Å². The molecular weight excluding hydrogens is 210 g/mol. The van der Waals surface area contributed by atoms with Crippen LogP contribution in [0.2, 0.25) is 0 Å². The highest BCUT2D eigenvalue weighted by atomic mass is 16.3. The molecule has 1 aliphatic rings. The normalized spacial score (nSPS) is 18.6. The second kappa shape index (κ2) is 5.19. The van der Waals surface area contributed by atoms with Gasteiger partial charge in [0.2, 0.25) is 0 Å². The van der Waals surface area contributed by atoms with Gasteiger partial charge in [0.05, 0.1) is 6.10 Å². The van der Waals surface area contributed by atoms with Crippen LogP contribution in [-0.4, -0.2) is 29.2 Å². The number of aliphatic hydroxyl groups excluding tert-OH is 1. The predicted octanol–water partition coefficient (Wildman–Crippen LogP) is 2.57. The zero-order valence-corrected chi connectivity index (χ0v) is 11.2. The number of aryl methyl sites for hydroxylation is 3. The molecule has 0 bridgehead atoms. The summed E-state index contributed by atoms with van der Waals surface area (Å²) < 4.78 is 0. The highest BCUT2D eigenvalue weighted by molar-refractivity contribution is 5.36. The van der Waals surface area contributed by atoms with E-state index in [2.05, 4.69) is 37.8 Å². The lowest BCUT2D eigenvalue weighted by Gasteiger charge is -2.30. The van der Waals surface area contributed by atoms with Gasteiger partial charge in [0.15, 0.2) is 0 Å². The lowest BCUT2D eigenvalue weighted by molar-refractivity contribution is 0.0791. The molecule has 94 valence electrons. The van der Waals surface area contributed by atoms with E-state index in [1.54, 1.807) is 0 Å². The molecule has 0 spiro atoms. The summed E-state index contributed by atoms with van der Waals surface area (Å²) >= 11 is 0. The second-order valence-electron chi connectivity index (χ2n) is 5.37. The average Bonchev–Trinajstić information content (AvgIpc) is 2.29. The smallest absolute Gasteiger partial charge is 0.0564 e. The van der Waals surface area contributed by atoms with E-state index in [1.807, 2.05) is 0 Å². The monoisotopic (exact) mass is 233 g/mol. The second-order valence-corrected chi connectivity index (χ2v) is 5.37. The Morgan fingerprint density at radius 1 is 1.06 bits per heavy atom. The molecule has 1 aromatic carbocycles. The van der Waals surface area contributed by atoms with E-state index in [0.717, 1.165) is 32.5 Å². The fourth-order valence-corrected chi connectivity index (χ4v) is 2.51. The fourth-order valence-electron chi connectivity index (χ4n) is 2.51. The zero-order valence-electron chi connectivity index (χ0n) is 11.2. The average molecular weight is 233 g/mol. The quantitative estimate of drug-likeness (QED) is 0.848. The van der Waals surface area contributed by atoms with Crippen LogP contribution in [0.5, 0.6) is 0 Å². The van der Waals surface area contributed by atoms with E-state index in [9.17, 15) is 5.11 Å². The summed E-state index contributed by atoms with van der Waals surface area (Å²) in [4.78, 5) is 2.45. The number of nitrogens with zero attached hydrogens (tertiary/aromatic N) is 1. The summed E-state index contributed by atoms with van der Waals surface area (Å²) in [6.45, 7) is 9.61. The van der Waals surface area contributed by atoms with E-state index in [1.165, 1.54) is 22.3 Å². The minimum Gasteiger partial charge on any atom is -0.393 e. The lowest BCUT2D eigenvalue weighted by atomic mass is 9.99. The van der Waals surface area contributed by atoms with Crippen molar-refractivity contribution in [3.63, 3.8) is 0 Å². The van der Waals surface area contributed by atoms with E-state index >= 15 is 0 Å². The molecule has 2 rings (SSSR count). The highest BCUT2D eigenvalue weighted by Crippen LogP contribution is 2.19. The molecule has 2 nitrogen and oxygen atoms in total. The summed E-state index contributed by atoms with van der Waals surface area (Å²) in [6, 6.07) is 4.60. The molecule has 0 radical (unpaired) electrons. The number of piperidine rings is 1. The zero-order chi connectivity index (χ0) is 12.4. The van der Waals surface area contributed by atoms with Crippen LogP contribution in [0.4, 0.5) is 0 Å². The van der Waals surface area contributed by atoms with Crippen molar-refractivity contribution >= 4 is 0 Å². The van der Waals surface area contributed by atoms with Crippen LogP contribution in [0.25, 0.3) is 0 Å². The number of hydrogen-bond donors (Lipinski definition) is 1. The molecule has 0 aliphatic carbocycles. The molecule has 0 aromatic heterocycles. The van der Waals surface area contributed by atoms with Gasteiger partial charge in [-0.05, 0) is 55.9 Å². The number of hydrogen-bond acceptors (Lipinski definition) is 2. The van der Waals surface area contributed by atoms with Gasteiger partial charge in [-0.25, -0.2) is 0 Å². The van der Waals surface area contributed by atoms with Crippen LogP contribution >= 0.6 is 0 Å².